The number of alkyl halides is 2. The predicted molar refractivity (Wildman–Crippen MR) is 93.2 cm³/mol. The Labute approximate surface area is 152 Å². The third-order valence-corrected chi connectivity index (χ3v) is 5.72. The highest BCUT2D eigenvalue weighted by molar-refractivity contribution is 7.89. The van der Waals surface area contributed by atoms with Crippen molar-refractivity contribution in [3.05, 3.63) is 29.6 Å². The lowest BCUT2D eigenvalue weighted by Crippen LogP contribution is -2.36. The smallest absolute Gasteiger partial charge is 0.387 e. The van der Waals surface area contributed by atoms with Crippen molar-refractivity contribution >= 4 is 10.0 Å². The highest BCUT2D eigenvalue weighted by Crippen LogP contribution is 2.47. The van der Waals surface area contributed by atoms with E-state index in [-0.39, 0.29) is 5.75 Å². The summed E-state index contributed by atoms with van der Waals surface area (Å²) in [5.74, 6) is -1.51. The molecule has 2 N–H and O–H groups in total. The van der Waals surface area contributed by atoms with Crippen LogP contribution >= 0.6 is 0 Å². The average Bonchev–Trinajstić information content (AvgIpc) is 3.28. The quantitative estimate of drug-likeness (QED) is 0.566. The number of rotatable bonds is 11. The van der Waals surface area contributed by atoms with E-state index in [0.717, 1.165) is 25.1 Å². The second-order valence-corrected chi connectivity index (χ2v) is 8.68. The standard InChI is InChI=1S/C17H25F3N2O3S/c1-12(2)21-9-3-4-10-26(23,24)22-17(7-8-17)13-5-6-14(18)15(11-13)25-16(19)20/h5-6,11-12,16,21-22H,3-4,7-10H2,1-2H3. The van der Waals surface area contributed by atoms with Crippen LogP contribution in [0.3, 0.4) is 0 Å². The molecule has 26 heavy (non-hydrogen) atoms. The van der Waals surface area contributed by atoms with Crippen LogP contribution in [0.1, 0.15) is 45.1 Å². The van der Waals surface area contributed by atoms with Crippen molar-refractivity contribution in [2.75, 3.05) is 12.3 Å². The van der Waals surface area contributed by atoms with Crippen LogP contribution in [0.4, 0.5) is 13.2 Å². The van der Waals surface area contributed by atoms with Gasteiger partial charge in [0.2, 0.25) is 10.0 Å². The monoisotopic (exact) mass is 394 g/mol. The number of halogens is 3. The second-order valence-electron chi connectivity index (χ2n) is 6.84. The lowest BCUT2D eigenvalue weighted by molar-refractivity contribution is -0.0522. The summed E-state index contributed by atoms with van der Waals surface area (Å²) in [6.07, 6.45) is 2.30. The Morgan fingerprint density at radius 1 is 1.23 bits per heavy atom. The van der Waals surface area contributed by atoms with E-state index in [1.54, 1.807) is 0 Å². The van der Waals surface area contributed by atoms with Gasteiger partial charge in [-0.15, -0.1) is 0 Å². The molecular formula is C17H25F3N2O3S. The van der Waals surface area contributed by atoms with Crippen LogP contribution in [0.5, 0.6) is 5.75 Å². The third-order valence-electron chi connectivity index (χ3n) is 4.19. The number of hydrogen-bond acceptors (Lipinski definition) is 4. The number of hydrogen-bond donors (Lipinski definition) is 2. The maximum atomic E-state index is 13.6. The van der Waals surface area contributed by atoms with E-state index in [9.17, 15) is 21.6 Å². The maximum absolute atomic E-state index is 13.6. The van der Waals surface area contributed by atoms with Gasteiger partial charge in [0.25, 0.3) is 0 Å². The number of unbranched alkanes of at least 4 members (excludes halogenated alkanes) is 1. The molecule has 1 aliphatic rings. The minimum atomic E-state index is -3.53. The molecule has 0 bridgehead atoms. The second kappa shape index (κ2) is 8.58. The first-order valence-electron chi connectivity index (χ1n) is 8.63. The number of benzene rings is 1. The fourth-order valence-electron chi connectivity index (χ4n) is 2.72. The summed E-state index contributed by atoms with van der Waals surface area (Å²) < 4.78 is 69.8. The molecule has 0 spiro atoms. The van der Waals surface area contributed by atoms with Crippen molar-refractivity contribution in [1.29, 1.82) is 0 Å². The fraction of sp³-hybridized carbons (Fsp3) is 0.647. The molecule has 1 aromatic carbocycles. The zero-order valence-electron chi connectivity index (χ0n) is 14.9. The summed E-state index contributed by atoms with van der Waals surface area (Å²) in [4.78, 5) is 0. The number of ether oxygens (including phenoxy) is 1. The van der Waals surface area contributed by atoms with Crippen LogP contribution in [0, 0.1) is 5.82 Å². The van der Waals surface area contributed by atoms with Crippen LogP contribution in [0.2, 0.25) is 0 Å². The molecule has 1 saturated carbocycles. The van der Waals surface area contributed by atoms with Crippen molar-refractivity contribution in [3.8, 4) is 5.75 Å². The van der Waals surface area contributed by atoms with Gasteiger partial charge in [0.15, 0.2) is 11.6 Å². The van der Waals surface area contributed by atoms with Crippen LogP contribution in [-0.2, 0) is 15.6 Å². The van der Waals surface area contributed by atoms with Gasteiger partial charge in [-0.25, -0.2) is 17.5 Å². The van der Waals surface area contributed by atoms with Gasteiger partial charge in [-0.1, -0.05) is 19.9 Å². The van der Waals surface area contributed by atoms with Gasteiger partial charge in [0, 0.05) is 6.04 Å². The molecule has 0 aliphatic heterocycles. The first kappa shape index (κ1) is 21.0. The van der Waals surface area contributed by atoms with Crippen LogP contribution in [-0.4, -0.2) is 33.4 Å². The summed E-state index contributed by atoms with van der Waals surface area (Å²) in [5.41, 5.74) is -0.428. The highest BCUT2D eigenvalue weighted by atomic mass is 32.2. The van der Waals surface area contributed by atoms with Crippen molar-refractivity contribution in [1.82, 2.24) is 10.0 Å². The van der Waals surface area contributed by atoms with E-state index >= 15 is 0 Å². The Balaban J connectivity index is 1.98. The van der Waals surface area contributed by atoms with Gasteiger partial charge in [0.05, 0.1) is 11.3 Å². The normalized spacial score (nSPS) is 16.3. The highest BCUT2D eigenvalue weighted by Gasteiger charge is 2.47. The van der Waals surface area contributed by atoms with E-state index in [0.29, 0.717) is 30.9 Å². The predicted octanol–water partition coefficient (Wildman–Crippen LogP) is 3.11. The molecule has 1 aromatic rings. The van der Waals surface area contributed by atoms with E-state index in [1.807, 2.05) is 13.8 Å². The van der Waals surface area contributed by atoms with Crippen molar-refractivity contribution in [2.45, 2.75) is 57.7 Å². The van der Waals surface area contributed by atoms with Crippen molar-refractivity contribution in [3.63, 3.8) is 0 Å². The molecule has 0 radical (unpaired) electrons. The van der Waals surface area contributed by atoms with E-state index < -0.39 is 33.7 Å². The SMILES string of the molecule is CC(C)NCCCCS(=O)(=O)NC1(c2ccc(F)c(OC(F)F)c2)CC1. The van der Waals surface area contributed by atoms with Gasteiger partial charge in [0.1, 0.15) is 0 Å². The zero-order chi connectivity index (χ0) is 19.4. The summed E-state index contributed by atoms with van der Waals surface area (Å²) in [5, 5.41) is 3.22. The fourth-order valence-corrected chi connectivity index (χ4v) is 4.32. The first-order chi connectivity index (χ1) is 12.1. The molecule has 0 aromatic heterocycles. The molecule has 2 rings (SSSR count). The molecule has 9 heteroatoms. The van der Waals surface area contributed by atoms with Gasteiger partial charge < -0.3 is 10.1 Å². The Hall–Kier alpha value is -1.32. The first-order valence-corrected chi connectivity index (χ1v) is 10.3. The van der Waals surface area contributed by atoms with Crippen LogP contribution in [0.15, 0.2) is 18.2 Å². The van der Waals surface area contributed by atoms with E-state index in [1.165, 1.54) is 6.07 Å². The largest absolute Gasteiger partial charge is 0.432 e. The molecule has 1 fully saturated rings. The Bertz CT molecular complexity index is 707. The van der Waals surface area contributed by atoms with Gasteiger partial charge >= 0.3 is 6.61 Å². The topological polar surface area (TPSA) is 67.4 Å². The maximum Gasteiger partial charge on any atom is 0.387 e. The third kappa shape index (κ3) is 6.14. The lowest BCUT2D eigenvalue weighted by atomic mass is 10.1. The van der Waals surface area contributed by atoms with Crippen molar-refractivity contribution in [2.24, 2.45) is 0 Å². The molecule has 0 heterocycles. The van der Waals surface area contributed by atoms with Gasteiger partial charge in [-0.05, 0) is 49.9 Å². The Morgan fingerprint density at radius 2 is 1.92 bits per heavy atom. The molecule has 0 atom stereocenters. The average molecular weight is 394 g/mol. The molecule has 0 saturated heterocycles. The number of nitrogens with one attached hydrogen (secondary N) is 2. The van der Waals surface area contributed by atoms with Crippen LogP contribution in [0.25, 0.3) is 0 Å². The molecule has 0 amide bonds. The lowest BCUT2D eigenvalue weighted by Gasteiger charge is -2.19. The van der Waals surface area contributed by atoms with Crippen LogP contribution < -0.4 is 14.8 Å². The molecule has 0 unspecified atom stereocenters. The molecule has 1 aliphatic carbocycles. The summed E-state index contributed by atoms with van der Waals surface area (Å²) in [6.45, 7) is 1.63. The van der Waals surface area contributed by atoms with E-state index in [4.69, 9.17) is 0 Å². The molecule has 5 nitrogen and oxygen atoms in total. The minimum absolute atomic E-state index is 0.0177. The minimum Gasteiger partial charge on any atom is -0.432 e. The van der Waals surface area contributed by atoms with Gasteiger partial charge in [-0.2, -0.15) is 8.78 Å². The number of sulfonamides is 1. The van der Waals surface area contributed by atoms with E-state index in [2.05, 4.69) is 14.8 Å². The zero-order valence-corrected chi connectivity index (χ0v) is 15.7. The summed E-state index contributed by atoms with van der Waals surface area (Å²) in [7, 11) is -3.53. The molecular weight excluding hydrogens is 369 g/mol. The summed E-state index contributed by atoms with van der Waals surface area (Å²) >= 11 is 0. The van der Waals surface area contributed by atoms with Gasteiger partial charge in [-0.3, -0.25) is 0 Å². The Morgan fingerprint density at radius 3 is 2.50 bits per heavy atom. The molecule has 148 valence electrons. The summed E-state index contributed by atoms with van der Waals surface area (Å²) in [6, 6.07) is 3.90. The van der Waals surface area contributed by atoms with Crippen molar-refractivity contribution < 1.29 is 26.3 Å². The Kier molecular flexibility index (Phi) is 6.92.